The monoisotopic (exact) mass is 422 g/mol. The molecule has 1 saturated carbocycles. The van der Waals surface area contributed by atoms with Crippen molar-refractivity contribution >= 4 is 24.0 Å². The zero-order valence-electron chi connectivity index (χ0n) is 18.3. The quantitative estimate of drug-likeness (QED) is 0.504. The Labute approximate surface area is 182 Å². The highest BCUT2D eigenvalue weighted by Crippen LogP contribution is 2.38. The molecule has 0 aromatic carbocycles. The van der Waals surface area contributed by atoms with Crippen molar-refractivity contribution in [2.45, 2.75) is 58.2 Å². The summed E-state index contributed by atoms with van der Waals surface area (Å²) in [4.78, 5) is 27.3. The van der Waals surface area contributed by atoms with Crippen molar-refractivity contribution < 1.29 is 4.79 Å². The van der Waals surface area contributed by atoms with Crippen LogP contribution < -0.4 is 4.90 Å². The third kappa shape index (κ3) is 4.30. The summed E-state index contributed by atoms with van der Waals surface area (Å²) in [5.41, 5.74) is 1.60. The number of rotatable bonds is 8. The van der Waals surface area contributed by atoms with Crippen LogP contribution >= 0.6 is 0 Å². The number of nitrogens with one attached hydrogen (secondary N) is 2. The summed E-state index contributed by atoms with van der Waals surface area (Å²) in [6, 6.07) is 5.28. The van der Waals surface area contributed by atoms with Gasteiger partial charge in [-0.15, -0.1) is 0 Å². The fraction of sp³-hybridized carbons (Fsp3) is 0.500. The molecule has 2 aromatic rings. The molecule has 2 N–H and O–H groups in total. The van der Waals surface area contributed by atoms with E-state index in [2.05, 4.69) is 27.7 Å². The van der Waals surface area contributed by atoms with E-state index in [0.717, 1.165) is 12.0 Å². The average Bonchev–Trinajstić information content (AvgIpc) is 3.37. The van der Waals surface area contributed by atoms with Gasteiger partial charge in [0.15, 0.2) is 5.84 Å². The van der Waals surface area contributed by atoms with Crippen molar-refractivity contribution in [3.8, 4) is 0 Å². The van der Waals surface area contributed by atoms with E-state index in [-0.39, 0.29) is 24.0 Å². The largest absolute Gasteiger partial charge is 0.335 e. The highest BCUT2D eigenvalue weighted by Gasteiger charge is 2.34. The van der Waals surface area contributed by atoms with Gasteiger partial charge in [-0.3, -0.25) is 15.7 Å². The highest BCUT2D eigenvalue weighted by atomic mass is 16.2. The van der Waals surface area contributed by atoms with Gasteiger partial charge in [0, 0.05) is 43.8 Å². The summed E-state index contributed by atoms with van der Waals surface area (Å²) in [6.07, 6.45) is 7.56. The number of amidine groups is 1. The second-order valence-electron chi connectivity index (χ2n) is 8.61. The number of carbonyl (C=O) groups excluding carboxylic acids is 1. The molecular formula is C22H30N8O. The van der Waals surface area contributed by atoms with Crippen LogP contribution in [0.1, 0.15) is 50.9 Å². The molecule has 9 nitrogen and oxygen atoms in total. The number of aromatic nitrogens is 3. The van der Waals surface area contributed by atoms with E-state index in [4.69, 9.17) is 10.8 Å². The zero-order chi connectivity index (χ0) is 22.1. The molecule has 4 rings (SSSR count). The van der Waals surface area contributed by atoms with Crippen LogP contribution in [0.3, 0.4) is 0 Å². The minimum absolute atomic E-state index is 0.0242. The van der Waals surface area contributed by atoms with Gasteiger partial charge < -0.3 is 14.4 Å². The van der Waals surface area contributed by atoms with E-state index in [1.807, 2.05) is 25.1 Å². The molecule has 0 bridgehead atoms. The molecule has 2 aliphatic rings. The lowest BCUT2D eigenvalue weighted by atomic mass is 10.2. The summed E-state index contributed by atoms with van der Waals surface area (Å²) < 4.78 is 2.08. The van der Waals surface area contributed by atoms with Crippen molar-refractivity contribution in [3.63, 3.8) is 0 Å². The lowest BCUT2D eigenvalue weighted by molar-refractivity contribution is 0.198. The molecule has 3 heterocycles. The molecule has 1 atom stereocenters. The van der Waals surface area contributed by atoms with Crippen LogP contribution in [0.2, 0.25) is 0 Å². The number of amides is 2. The molecule has 2 amide bonds. The van der Waals surface area contributed by atoms with Crippen LogP contribution in [0, 0.1) is 10.8 Å². The summed E-state index contributed by atoms with van der Waals surface area (Å²) in [5, 5.41) is 16.0. The first-order chi connectivity index (χ1) is 14.9. The van der Waals surface area contributed by atoms with Crippen molar-refractivity contribution in [2.75, 3.05) is 18.0 Å². The Bertz CT molecular complexity index is 979. The maximum absolute atomic E-state index is 13.1. The number of carbonyl (C=O) groups is 1. The first-order valence-corrected chi connectivity index (χ1v) is 10.8. The Morgan fingerprint density at radius 3 is 2.74 bits per heavy atom. The number of pyridine rings is 1. The van der Waals surface area contributed by atoms with Crippen LogP contribution in [0.5, 0.6) is 0 Å². The number of nitrogens with zero attached hydrogens (tertiary/aromatic N) is 6. The number of imidazole rings is 1. The number of urea groups is 1. The molecule has 1 saturated heterocycles. The molecule has 164 valence electrons. The zero-order valence-corrected chi connectivity index (χ0v) is 18.3. The minimum Gasteiger partial charge on any atom is -0.335 e. The van der Waals surface area contributed by atoms with Crippen LogP contribution in [-0.2, 0) is 6.54 Å². The fourth-order valence-electron chi connectivity index (χ4n) is 3.96. The highest BCUT2D eigenvalue weighted by molar-refractivity contribution is 6.01. The normalized spacial score (nSPS) is 17.4. The Morgan fingerprint density at radius 2 is 2.06 bits per heavy atom. The second kappa shape index (κ2) is 8.49. The van der Waals surface area contributed by atoms with Crippen LogP contribution in [0.4, 0.5) is 10.6 Å². The maximum Gasteiger partial charge on any atom is 0.326 e. The first-order valence-electron chi connectivity index (χ1n) is 10.8. The molecule has 0 unspecified atom stereocenters. The molecule has 0 radical (unpaired) electrons. The van der Waals surface area contributed by atoms with E-state index in [9.17, 15) is 4.79 Å². The van der Waals surface area contributed by atoms with E-state index in [0.29, 0.717) is 37.1 Å². The topological polar surface area (TPSA) is 105 Å². The van der Waals surface area contributed by atoms with Gasteiger partial charge in [-0.25, -0.2) is 14.8 Å². The van der Waals surface area contributed by atoms with Crippen molar-refractivity contribution in [2.24, 2.45) is 0 Å². The van der Waals surface area contributed by atoms with E-state index >= 15 is 0 Å². The standard InChI is InChI=1S/C22H30N8O/c1-15(2)30(13-23)21(24)18-5-4-6-20(26-18)29-10-9-28(22(29)31)16(3)11-27-12-19(25-14-27)17-7-8-17/h4-6,12-17,23-24H,7-11H2,1-3H3/t16-/m1/s1. The van der Waals surface area contributed by atoms with E-state index < -0.39 is 0 Å². The molecule has 2 fully saturated rings. The van der Waals surface area contributed by atoms with Gasteiger partial charge in [-0.2, -0.15) is 0 Å². The van der Waals surface area contributed by atoms with Crippen molar-refractivity contribution in [1.82, 2.24) is 24.3 Å². The summed E-state index contributed by atoms with van der Waals surface area (Å²) in [5.74, 6) is 1.31. The second-order valence-corrected chi connectivity index (χ2v) is 8.61. The van der Waals surface area contributed by atoms with E-state index in [1.54, 1.807) is 23.1 Å². The van der Waals surface area contributed by atoms with E-state index in [1.165, 1.54) is 17.7 Å². The Hall–Kier alpha value is -3.23. The van der Waals surface area contributed by atoms with Crippen molar-refractivity contribution in [3.05, 3.63) is 42.1 Å². The molecule has 1 aliphatic heterocycles. The number of anilines is 1. The maximum atomic E-state index is 13.1. The molecule has 31 heavy (non-hydrogen) atoms. The lowest BCUT2D eigenvalue weighted by Crippen LogP contribution is -2.40. The first kappa shape index (κ1) is 21.0. The summed E-state index contributed by atoms with van der Waals surface area (Å²) >= 11 is 0. The molecule has 1 aliphatic carbocycles. The Morgan fingerprint density at radius 1 is 1.29 bits per heavy atom. The van der Waals surface area contributed by atoms with Gasteiger partial charge in [-0.05, 0) is 45.7 Å². The van der Waals surface area contributed by atoms with Crippen LogP contribution in [0.25, 0.3) is 0 Å². The third-order valence-corrected chi connectivity index (χ3v) is 5.90. The Kier molecular flexibility index (Phi) is 5.75. The van der Waals surface area contributed by atoms with Gasteiger partial charge in [0.25, 0.3) is 0 Å². The van der Waals surface area contributed by atoms with Crippen LogP contribution in [0.15, 0.2) is 30.7 Å². The average molecular weight is 423 g/mol. The Balaban J connectivity index is 1.44. The van der Waals surface area contributed by atoms with Crippen molar-refractivity contribution in [1.29, 1.82) is 10.8 Å². The molecular weight excluding hydrogens is 392 g/mol. The van der Waals surface area contributed by atoms with Crippen LogP contribution in [-0.4, -0.2) is 67.7 Å². The van der Waals surface area contributed by atoms with Gasteiger partial charge in [0.2, 0.25) is 0 Å². The lowest BCUT2D eigenvalue weighted by Gasteiger charge is -2.25. The number of hydrogen-bond acceptors (Lipinski definition) is 5. The molecule has 0 spiro atoms. The number of hydrogen-bond donors (Lipinski definition) is 2. The fourth-order valence-corrected chi connectivity index (χ4v) is 3.96. The van der Waals surface area contributed by atoms with Gasteiger partial charge in [0.1, 0.15) is 11.5 Å². The molecule has 9 heteroatoms. The predicted octanol–water partition coefficient (Wildman–Crippen LogP) is 3.13. The van der Waals surface area contributed by atoms with Gasteiger partial charge in [-0.1, -0.05) is 6.07 Å². The molecule has 2 aromatic heterocycles. The minimum atomic E-state index is -0.0704. The predicted molar refractivity (Wildman–Crippen MR) is 120 cm³/mol. The summed E-state index contributed by atoms with van der Waals surface area (Å²) in [7, 11) is 0. The smallest absolute Gasteiger partial charge is 0.326 e. The third-order valence-electron chi connectivity index (χ3n) is 5.90. The van der Waals surface area contributed by atoms with Gasteiger partial charge >= 0.3 is 6.03 Å². The SMILES string of the molecule is CC(C)N(C=N)C(=N)c1cccc(N2CCN([C@H](C)Cn3cnc(C4CC4)c3)C2=O)n1. The summed E-state index contributed by atoms with van der Waals surface area (Å²) in [6.45, 7) is 7.79. The van der Waals surface area contributed by atoms with Gasteiger partial charge in [0.05, 0.1) is 18.4 Å².